The number of fused-ring (bicyclic) bond motifs is 1. The van der Waals surface area contributed by atoms with Crippen molar-refractivity contribution in [3.8, 4) is 0 Å². The monoisotopic (exact) mass is 330 g/mol. The Morgan fingerprint density at radius 1 is 1.25 bits per heavy atom. The van der Waals surface area contributed by atoms with Crippen LogP contribution >= 0.6 is 0 Å². The Bertz CT molecular complexity index is 692. The second-order valence-electron chi connectivity index (χ2n) is 6.68. The van der Waals surface area contributed by atoms with Gasteiger partial charge in [0.05, 0.1) is 6.20 Å². The van der Waals surface area contributed by atoms with E-state index in [0.29, 0.717) is 11.2 Å². The summed E-state index contributed by atoms with van der Waals surface area (Å²) >= 11 is 0. The molecule has 0 bridgehead atoms. The number of aromatic nitrogens is 3. The fourth-order valence-corrected chi connectivity index (χ4v) is 3.20. The van der Waals surface area contributed by atoms with Gasteiger partial charge in [-0.15, -0.1) is 0 Å². The van der Waals surface area contributed by atoms with Crippen molar-refractivity contribution in [2.75, 3.05) is 6.54 Å². The van der Waals surface area contributed by atoms with Gasteiger partial charge in [0.15, 0.2) is 5.65 Å². The van der Waals surface area contributed by atoms with Crippen LogP contribution in [0, 0.1) is 13.8 Å². The molecular formula is C19H30N4O. The van der Waals surface area contributed by atoms with Crippen LogP contribution in [0.15, 0.2) is 12.3 Å². The molecule has 0 radical (unpaired) electrons. The maximum atomic E-state index is 13.2. The summed E-state index contributed by atoms with van der Waals surface area (Å²) in [7, 11) is 0. The molecule has 24 heavy (non-hydrogen) atoms. The average Bonchev–Trinajstić information content (AvgIpc) is 2.95. The molecule has 0 fully saturated rings. The molecule has 0 saturated heterocycles. The predicted molar refractivity (Wildman–Crippen MR) is 97.4 cm³/mol. The van der Waals surface area contributed by atoms with Crippen LogP contribution in [-0.2, 0) is 0 Å². The Morgan fingerprint density at radius 3 is 2.67 bits per heavy atom. The summed E-state index contributed by atoms with van der Waals surface area (Å²) in [4.78, 5) is 19.7. The molecule has 0 aliphatic carbocycles. The average molecular weight is 330 g/mol. The molecule has 0 N–H and O–H groups in total. The largest absolute Gasteiger partial charge is 0.336 e. The number of carbonyl (C=O) groups excluding carboxylic acids is 1. The van der Waals surface area contributed by atoms with Crippen LogP contribution in [0.25, 0.3) is 5.65 Å². The van der Waals surface area contributed by atoms with E-state index >= 15 is 0 Å². The number of unbranched alkanes of at least 4 members (excludes halogenated alkanes) is 2. The number of hydrogen-bond acceptors (Lipinski definition) is 3. The highest BCUT2D eigenvalue weighted by molar-refractivity contribution is 5.99. The van der Waals surface area contributed by atoms with Crippen molar-refractivity contribution in [1.29, 1.82) is 0 Å². The van der Waals surface area contributed by atoms with Crippen LogP contribution < -0.4 is 0 Å². The molecule has 0 aliphatic heterocycles. The van der Waals surface area contributed by atoms with Gasteiger partial charge in [-0.25, -0.2) is 9.50 Å². The van der Waals surface area contributed by atoms with Crippen LogP contribution in [0.1, 0.15) is 74.6 Å². The summed E-state index contributed by atoms with van der Waals surface area (Å²) in [5.41, 5.74) is 3.19. The number of aryl methyl sites for hydroxylation is 2. The van der Waals surface area contributed by atoms with Crippen molar-refractivity contribution in [3.05, 3.63) is 29.2 Å². The number of carbonyl (C=O) groups is 1. The SMILES string of the molecule is CCCCCN(C(=O)c1cnn2c(C)cc(C)nc12)C(C)CCC. The smallest absolute Gasteiger partial charge is 0.259 e. The first-order valence-electron chi connectivity index (χ1n) is 9.12. The molecule has 0 aliphatic rings. The van der Waals surface area contributed by atoms with Gasteiger partial charge in [-0.05, 0) is 39.7 Å². The quantitative estimate of drug-likeness (QED) is 0.683. The maximum absolute atomic E-state index is 13.2. The molecule has 1 unspecified atom stereocenters. The molecule has 132 valence electrons. The molecule has 2 aromatic rings. The Hall–Kier alpha value is -1.91. The highest BCUT2D eigenvalue weighted by atomic mass is 16.2. The summed E-state index contributed by atoms with van der Waals surface area (Å²) in [6, 6.07) is 2.22. The molecule has 2 heterocycles. The second kappa shape index (κ2) is 8.27. The van der Waals surface area contributed by atoms with Gasteiger partial charge in [0.25, 0.3) is 5.91 Å². The van der Waals surface area contributed by atoms with Crippen LogP contribution in [0.2, 0.25) is 0 Å². The van der Waals surface area contributed by atoms with Gasteiger partial charge >= 0.3 is 0 Å². The van der Waals surface area contributed by atoms with E-state index in [-0.39, 0.29) is 11.9 Å². The van der Waals surface area contributed by atoms with Crippen molar-refractivity contribution in [2.45, 2.75) is 72.8 Å². The van der Waals surface area contributed by atoms with Crippen molar-refractivity contribution >= 4 is 11.6 Å². The predicted octanol–water partition coefficient (Wildman–Crippen LogP) is 4.17. The Labute approximate surface area is 145 Å². The standard InChI is InChI=1S/C19H30N4O/c1-6-8-9-11-22(15(4)10-7-2)19(24)17-13-20-23-16(5)12-14(3)21-18(17)23/h12-13,15H,6-11H2,1-5H3. The van der Waals surface area contributed by atoms with Crippen molar-refractivity contribution in [3.63, 3.8) is 0 Å². The summed E-state index contributed by atoms with van der Waals surface area (Å²) in [6.07, 6.45) is 7.10. The third-order valence-electron chi connectivity index (χ3n) is 4.51. The first-order valence-corrected chi connectivity index (χ1v) is 9.12. The van der Waals surface area contributed by atoms with Crippen LogP contribution in [0.4, 0.5) is 0 Å². The summed E-state index contributed by atoms with van der Waals surface area (Å²) < 4.78 is 1.76. The maximum Gasteiger partial charge on any atom is 0.259 e. The van der Waals surface area contributed by atoms with Crippen LogP contribution in [-0.4, -0.2) is 38.0 Å². The highest BCUT2D eigenvalue weighted by Gasteiger charge is 2.24. The number of amides is 1. The van der Waals surface area contributed by atoms with E-state index in [1.807, 2.05) is 24.8 Å². The van der Waals surface area contributed by atoms with Gasteiger partial charge in [0.1, 0.15) is 5.56 Å². The Kier molecular flexibility index (Phi) is 6.35. The minimum Gasteiger partial charge on any atom is -0.336 e. The number of rotatable bonds is 8. The fraction of sp³-hybridized carbons (Fsp3) is 0.632. The molecule has 1 amide bonds. The first-order chi connectivity index (χ1) is 11.5. The lowest BCUT2D eigenvalue weighted by Crippen LogP contribution is -2.39. The van der Waals surface area contributed by atoms with E-state index in [9.17, 15) is 4.79 Å². The molecule has 0 saturated carbocycles. The highest BCUT2D eigenvalue weighted by Crippen LogP contribution is 2.18. The third kappa shape index (κ3) is 3.94. The molecule has 5 heteroatoms. The molecule has 5 nitrogen and oxygen atoms in total. The van der Waals surface area contributed by atoms with Gasteiger partial charge in [-0.3, -0.25) is 4.79 Å². The minimum atomic E-state index is 0.0551. The molecule has 1 atom stereocenters. The molecular weight excluding hydrogens is 300 g/mol. The van der Waals surface area contributed by atoms with Crippen molar-refractivity contribution in [2.24, 2.45) is 0 Å². The lowest BCUT2D eigenvalue weighted by atomic mass is 10.1. The van der Waals surface area contributed by atoms with E-state index in [1.54, 1.807) is 10.7 Å². The Morgan fingerprint density at radius 2 is 2.00 bits per heavy atom. The number of nitrogens with zero attached hydrogens (tertiary/aromatic N) is 4. The van der Waals surface area contributed by atoms with Gasteiger partial charge in [0, 0.05) is 24.0 Å². The molecule has 2 aromatic heterocycles. The first kappa shape index (κ1) is 18.4. The van der Waals surface area contributed by atoms with Gasteiger partial charge in [-0.1, -0.05) is 33.1 Å². The zero-order valence-corrected chi connectivity index (χ0v) is 15.7. The van der Waals surface area contributed by atoms with Gasteiger partial charge < -0.3 is 4.90 Å². The van der Waals surface area contributed by atoms with E-state index in [4.69, 9.17) is 0 Å². The third-order valence-corrected chi connectivity index (χ3v) is 4.51. The second-order valence-corrected chi connectivity index (χ2v) is 6.68. The fourth-order valence-electron chi connectivity index (χ4n) is 3.20. The normalized spacial score (nSPS) is 12.5. The summed E-state index contributed by atoms with van der Waals surface area (Å²) in [6.45, 7) is 11.2. The molecule has 0 aromatic carbocycles. The minimum absolute atomic E-state index is 0.0551. The Balaban J connectivity index is 2.34. The van der Waals surface area contributed by atoms with E-state index in [1.165, 1.54) is 0 Å². The van der Waals surface area contributed by atoms with E-state index in [0.717, 1.165) is 50.0 Å². The van der Waals surface area contributed by atoms with Crippen LogP contribution in [0.3, 0.4) is 0 Å². The van der Waals surface area contributed by atoms with Crippen LogP contribution in [0.5, 0.6) is 0 Å². The zero-order valence-electron chi connectivity index (χ0n) is 15.7. The summed E-state index contributed by atoms with van der Waals surface area (Å²) in [5.74, 6) is 0.0551. The van der Waals surface area contributed by atoms with Gasteiger partial charge in [0.2, 0.25) is 0 Å². The lowest BCUT2D eigenvalue weighted by Gasteiger charge is -2.29. The topological polar surface area (TPSA) is 50.5 Å². The lowest BCUT2D eigenvalue weighted by molar-refractivity contribution is 0.0681. The van der Waals surface area contributed by atoms with Crippen molar-refractivity contribution < 1.29 is 4.79 Å². The van der Waals surface area contributed by atoms with E-state index in [2.05, 4.69) is 30.9 Å². The molecule has 2 rings (SSSR count). The van der Waals surface area contributed by atoms with Gasteiger partial charge in [-0.2, -0.15) is 5.10 Å². The molecule has 0 spiro atoms. The number of hydrogen-bond donors (Lipinski definition) is 0. The van der Waals surface area contributed by atoms with E-state index < -0.39 is 0 Å². The summed E-state index contributed by atoms with van der Waals surface area (Å²) in [5, 5.41) is 4.37. The zero-order chi connectivity index (χ0) is 17.7. The van der Waals surface area contributed by atoms with Crippen molar-refractivity contribution in [1.82, 2.24) is 19.5 Å².